The number of carbonyl (C=O) groups is 3. The number of nitrogens with one attached hydrogen (secondary N) is 1. The van der Waals surface area contributed by atoms with Gasteiger partial charge in [0.15, 0.2) is 0 Å². The van der Waals surface area contributed by atoms with Gasteiger partial charge in [0.25, 0.3) is 0 Å². The smallest absolute Gasteiger partial charge is 0.328 e. The number of nitrogens with zero attached hydrogens (tertiary/aromatic N) is 1. The summed E-state index contributed by atoms with van der Waals surface area (Å²) in [6, 6.07) is 5.71. The van der Waals surface area contributed by atoms with Crippen LogP contribution in [0, 0.1) is 19.8 Å². The number of amides is 2. The summed E-state index contributed by atoms with van der Waals surface area (Å²) in [5.74, 6) is -2.17. The SMILES string of the molecule is Cc1cccc(N2CC(C(=O)NC(C)(C)C(=O)O)CC2=O)c1C. The van der Waals surface area contributed by atoms with Crippen LogP contribution in [0.2, 0.25) is 0 Å². The van der Waals surface area contributed by atoms with E-state index in [0.717, 1.165) is 16.8 Å². The van der Waals surface area contributed by atoms with Crippen LogP contribution in [0.4, 0.5) is 5.69 Å². The minimum absolute atomic E-state index is 0.0922. The fourth-order valence-electron chi connectivity index (χ4n) is 2.61. The summed E-state index contributed by atoms with van der Waals surface area (Å²) in [7, 11) is 0. The van der Waals surface area contributed by atoms with Gasteiger partial charge in [-0.3, -0.25) is 9.59 Å². The van der Waals surface area contributed by atoms with E-state index in [0.29, 0.717) is 0 Å². The zero-order valence-corrected chi connectivity index (χ0v) is 13.8. The van der Waals surface area contributed by atoms with Crippen molar-refractivity contribution in [2.24, 2.45) is 5.92 Å². The van der Waals surface area contributed by atoms with E-state index >= 15 is 0 Å². The van der Waals surface area contributed by atoms with Crippen molar-refractivity contribution < 1.29 is 19.5 Å². The maximum atomic E-state index is 12.3. The molecule has 2 N–H and O–H groups in total. The Balaban J connectivity index is 2.15. The van der Waals surface area contributed by atoms with Gasteiger partial charge in [-0.1, -0.05) is 12.1 Å². The van der Waals surface area contributed by atoms with Crippen molar-refractivity contribution in [3.8, 4) is 0 Å². The average Bonchev–Trinajstić information content (AvgIpc) is 2.83. The van der Waals surface area contributed by atoms with Crippen molar-refractivity contribution in [1.29, 1.82) is 0 Å². The molecule has 0 aliphatic carbocycles. The Morgan fingerprint density at radius 2 is 1.96 bits per heavy atom. The molecule has 1 heterocycles. The highest BCUT2D eigenvalue weighted by molar-refractivity contribution is 6.01. The lowest BCUT2D eigenvalue weighted by Crippen LogP contribution is -2.51. The topological polar surface area (TPSA) is 86.7 Å². The molecule has 0 aromatic heterocycles. The standard InChI is InChI=1S/C17H22N2O4/c1-10-6-5-7-13(11(10)2)19-9-12(8-14(19)20)15(21)18-17(3,4)16(22)23/h5-7,12H,8-9H2,1-4H3,(H,18,21)(H,22,23). The van der Waals surface area contributed by atoms with Crippen molar-refractivity contribution in [3.63, 3.8) is 0 Å². The molecule has 2 rings (SSSR count). The quantitative estimate of drug-likeness (QED) is 0.883. The molecule has 23 heavy (non-hydrogen) atoms. The Morgan fingerprint density at radius 3 is 2.57 bits per heavy atom. The number of carboxylic acids is 1. The van der Waals surface area contributed by atoms with E-state index in [1.807, 2.05) is 32.0 Å². The molecular weight excluding hydrogens is 296 g/mol. The zero-order valence-electron chi connectivity index (χ0n) is 13.8. The number of hydrogen-bond donors (Lipinski definition) is 2. The number of hydrogen-bond acceptors (Lipinski definition) is 3. The van der Waals surface area contributed by atoms with Gasteiger partial charge in [0.05, 0.1) is 5.92 Å². The van der Waals surface area contributed by atoms with Gasteiger partial charge >= 0.3 is 5.97 Å². The predicted octanol–water partition coefficient (Wildman–Crippen LogP) is 1.64. The Kier molecular flexibility index (Phi) is 4.45. The van der Waals surface area contributed by atoms with E-state index in [9.17, 15) is 14.4 Å². The lowest BCUT2D eigenvalue weighted by Gasteiger charge is -2.23. The number of rotatable bonds is 4. The molecule has 2 amide bonds. The van der Waals surface area contributed by atoms with Crippen LogP contribution in [0.1, 0.15) is 31.4 Å². The molecule has 1 atom stereocenters. The Labute approximate surface area is 135 Å². The molecule has 1 aliphatic heterocycles. The number of benzene rings is 1. The lowest BCUT2D eigenvalue weighted by atomic mass is 10.0. The summed E-state index contributed by atoms with van der Waals surface area (Å²) in [6.45, 7) is 7.03. The molecule has 6 heteroatoms. The van der Waals surface area contributed by atoms with Gasteiger partial charge < -0.3 is 15.3 Å². The second-order valence-corrected chi connectivity index (χ2v) is 6.54. The highest BCUT2D eigenvalue weighted by Crippen LogP contribution is 2.29. The van der Waals surface area contributed by atoms with E-state index in [-0.39, 0.29) is 18.9 Å². The van der Waals surface area contributed by atoms with Crippen LogP contribution in [-0.2, 0) is 14.4 Å². The van der Waals surface area contributed by atoms with Crippen molar-refractivity contribution in [2.45, 2.75) is 39.7 Å². The summed E-state index contributed by atoms with van der Waals surface area (Å²) in [5, 5.41) is 11.6. The third kappa shape index (κ3) is 3.36. The molecule has 1 saturated heterocycles. The first kappa shape index (κ1) is 17.0. The van der Waals surface area contributed by atoms with Gasteiger partial charge in [-0.15, -0.1) is 0 Å². The molecule has 1 fully saturated rings. The highest BCUT2D eigenvalue weighted by Gasteiger charge is 2.39. The Morgan fingerprint density at radius 1 is 1.30 bits per heavy atom. The van der Waals surface area contributed by atoms with Crippen molar-refractivity contribution in [1.82, 2.24) is 5.32 Å². The second kappa shape index (κ2) is 6.02. The number of aryl methyl sites for hydroxylation is 1. The third-order valence-electron chi connectivity index (χ3n) is 4.33. The molecule has 0 radical (unpaired) electrons. The van der Waals surface area contributed by atoms with Crippen molar-refractivity contribution in [2.75, 3.05) is 11.4 Å². The van der Waals surface area contributed by atoms with Gasteiger partial charge in [-0.2, -0.15) is 0 Å². The van der Waals surface area contributed by atoms with Gasteiger partial charge in [-0.25, -0.2) is 4.79 Å². The van der Waals surface area contributed by atoms with Crippen LogP contribution < -0.4 is 10.2 Å². The molecule has 0 spiro atoms. The molecule has 6 nitrogen and oxygen atoms in total. The molecule has 1 aromatic rings. The fraction of sp³-hybridized carbons (Fsp3) is 0.471. The highest BCUT2D eigenvalue weighted by atomic mass is 16.4. The first-order chi connectivity index (χ1) is 10.6. The minimum Gasteiger partial charge on any atom is -0.480 e. The van der Waals surface area contributed by atoms with Crippen LogP contribution in [-0.4, -0.2) is 35.0 Å². The maximum absolute atomic E-state index is 12.3. The second-order valence-electron chi connectivity index (χ2n) is 6.54. The van der Waals surface area contributed by atoms with E-state index < -0.39 is 23.3 Å². The molecule has 1 aliphatic rings. The zero-order chi connectivity index (χ0) is 17.4. The number of anilines is 1. The van der Waals surface area contributed by atoms with Crippen molar-refractivity contribution >= 4 is 23.5 Å². The van der Waals surface area contributed by atoms with Crippen molar-refractivity contribution in [3.05, 3.63) is 29.3 Å². The first-order valence-electron chi connectivity index (χ1n) is 7.55. The summed E-state index contributed by atoms with van der Waals surface area (Å²) in [4.78, 5) is 37.3. The molecule has 0 saturated carbocycles. The first-order valence-corrected chi connectivity index (χ1v) is 7.55. The molecule has 0 bridgehead atoms. The monoisotopic (exact) mass is 318 g/mol. The molecule has 1 aromatic carbocycles. The van der Waals surface area contributed by atoms with Gasteiger partial charge in [0.2, 0.25) is 11.8 Å². The van der Waals surface area contributed by atoms with E-state index in [2.05, 4.69) is 5.32 Å². The minimum atomic E-state index is -1.35. The Hall–Kier alpha value is -2.37. The van der Waals surface area contributed by atoms with Crippen LogP contribution in [0.5, 0.6) is 0 Å². The van der Waals surface area contributed by atoms with E-state index in [4.69, 9.17) is 5.11 Å². The molecule has 124 valence electrons. The van der Waals surface area contributed by atoms with Crippen LogP contribution in [0.15, 0.2) is 18.2 Å². The van der Waals surface area contributed by atoms with E-state index in [1.54, 1.807) is 4.90 Å². The summed E-state index contributed by atoms with van der Waals surface area (Å²) in [5.41, 5.74) is 1.54. The normalized spacial score (nSPS) is 18.2. The fourth-order valence-corrected chi connectivity index (χ4v) is 2.61. The number of carbonyl (C=O) groups excluding carboxylic acids is 2. The Bertz CT molecular complexity index is 667. The van der Waals surface area contributed by atoms with Crippen LogP contribution in [0.25, 0.3) is 0 Å². The summed E-state index contributed by atoms with van der Waals surface area (Å²) in [6.07, 6.45) is 0.0922. The number of aliphatic carboxylic acids is 1. The van der Waals surface area contributed by atoms with Gasteiger partial charge in [0.1, 0.15) is 5.54 Å². The summed E-state index contributed by atoms with van der Waals surface area (Å²) >= 11 is 0. The van der Waals surface area contributed by atoms with Gasteiger partial charge in [-0.05, 0) is 44.9 Å². The van der Waals surface area contributed by atoms with Crippen LogP contribution >= 0.6 is 0 Å². The van der Waals surface area contributed by atoms with Crippen LogP contribution in [0.3, 0.4) is 0 Å². The lowest BCUT2D eigenvalue weighted by molar-refractivity contribution is -0.146. The third-order valence-corrected chi connectivity index (χ3v) is 4.33. The number of carboxylic acid groups (broad SMARTS) is 1. The van der Waals surface area contributed by atoms with E-state index in [1.165, 1.54) is 13.8 Å². The van der Waals surface area contributed by atoms with Gasteiger partial charge in [0, 0.05) is 18.7 Å². The molecular formula is C17H22N2O4. The summed E-state index contributed by atoms with van der Waals surface area (Å²) < 4.78 is 0. The molecule has 1 unspecified atom stereocenters. The predicted molar refractivity (Wildman–Crippen MR) is 86.2 cm³/mol. The average molecular weight is 318 g/mol. The largest absolute Gasteiger partial charge is 0.480 e. The maximum Gasteiger partial charge on any atom is 0.328 e.